The van der Waals surface area contributed by atoms with E-state index in [9.17, 15) is 4.79 Å². The quantitative estimate of drug-likeness (QED) is 0.731. The average molecular weight is 228 g/mol. The summed E-state index contributed by atoms with van der Waals surface area (Å²) >= 11 is 0. The van der Waals surface area contributed by atoms with E-state index in [1.165, 1.54) is 4.90 Å². The van der Waals surface area contributed by atoms with E-state index in [-0.39, 0.29) is 6.10 Å². The number of rotatable bonds is 5. The molecule has 1 N–H and O–H groups in total. The number of nitriles is 1. The summed E-state index contributed by atoms with van der Waals surface area (Å²) in [6.07, 6.45) is -0.834. The molecule has 92 valence electrons. The van der Waals surface area contributed by atoms with Crippen LogP contribution >= 0.6 is 0 Å². The number of hydrogen-bond acceptors (Lipinski definition) is 3. The zero-order valence-electron chi connectivity index (χ0n) is 10.4. The van der Waals surface area contributed by atoms with Crippen LogP contribution in [0.2, 0.25) is 0 Å². The van der Waals surface area contributed by atoms with Crippen molar-refractivity contribution < 1.29 is 14.6 Å². The SMILES string of the molecule is CC(CN(C(=O)O)C(C)(C)C)OCCC#N. The highest BCUT2D eigenvalue weighted by Crippen LogP contribution is 2.14. The van der Waals surface area contributed by atoms with Crippen molar-refractivity contribution in [3.8, 4) is 6.07 Å². The number of nitrogens with zero attached hydrogens (tertiary/aromatic N) is 2. The van der Waals surface area contributed by atoms with Gasteiger partial charge in [-0.1, -0.05) is 0 Å². The Balaban J connectivity index is 4.21. The van der Waals surface area contributed by atoms with E-state index in [0.29, 0.717) is 19.6 Å². The molecule has 1 unspecified atom stereocenters. The monoisotopic (exact) mass is 228 g/mol. The van der Waals surface area contributed by atoms with Crippen LogP contribution in [-0.2, 0) is 4.74 Å². The third kappa shape index (κ3) is 5.56. The van der Waals surface area contributed by atoms with Gasteiger partial charge in [0.2, 0.25) is 0 Å². The molecule has 0 saturated heterocycles. The third-order valence-corrected chi connectivity index (χ3v) is 2.10. The zero-order valence-corrected chi connectivity index (χ0v) is 10.4. The molecule has 0 aromatic rings. The van der Waals surface area contributed by atoms with Crippen molar-refractivity contribution in [1.29, 1.82) is 5.26 Å². The van der Waals surface area contributed by atoms with E-state index in [1.54, 1.807) is 6.92 Å². The third-order valence-electron chi connectivity index (χ3n) is 2.10. The predicted molar refractivity (Wildman–Crippen MR) is 60.1 cm³/mol. The van der Waals surface area contributed by atoms with Crippen molar-refractivity contribution in [1.82, 2.24) is 4.90 Å². The van der Waals surface area contributed by atoms with Crippen LogP contribution in [0, 0.1) is 11.3 Å². The van der Waals surface area contributed by atoms with Gasteiger partial charge in [0.05, 0.1) is 31.7 Å². The number of carbonyl (C=O) groups is 1. The Morgan fingerprint density at radius 1 is 1.56 bits per heavy atom. The van der Waals surface area contributed by atoms with Crippen molar-refractivity contribution in [2.45, 2.75) is 45.8 Å². The number of amides is 1. The molecule has 0 spiro atoms. The van der Waals surface area contributed by atoms with Gasteiger partial charge >= 0.3 is 6.09 Å². The molecule has 1 amide bonds. The number of ether oxygens (including phenoxy) is 1. The minimum absolute atomic E-state index is 0.205. The lowest BCUT2D eigenvalue weighted by Crippen LogP contribution is -2.48. The van der Waals surface area contributed by atoms with Gasteiger partial charge < -0.3 is 14.7 Å². The molecule has 0 aliphatic heterocycles. The Hall–Kier alpha value is -1.28. The second-order valence-corrected chi connectivity index (χ2v) is 4.65. The second-order valence-electron chi connectivity index (χ2n) is 4.65. The van der Waals surface area contributed by atoms with Crippen molar-refractivity contribution >= 4 is 6.09 Å². The molecule has 0 radical (unpaired) electrons. The first-order valence-electron chi connectivity index (χ1n) is 5.28. The van der Waals surface area contributed by atoms with Gasteiger partial charge in [-0.25, -0.2) is 4.79 Å². The fourth-order valence-electron chi connectivity index (χ4n) is 1.25. The maximum Gasteiger partial charge on any atom is 0.407 e. The molecule has 5 nitrogen and oxygen atoms in total. The predicted octanol–water partition coefficient (Wildman–Crippen LogP) is 2.08. The topological polar surface area (TPSA) is 73.6 Å². The van der Waals surface area contributed by atoms with Crippen molar-refractivity contribution in [3.05, 3.63) is 0 Å². The maximum absolute atomic E-state index is 11.0. The Bertz CT molecular complexity index is 265. The van der Waals surface area contributed by atoms with Crippen LogP contribution in [0.25, 0.3) is 0 Å². The fourth-order valence-corrected chi connectivity index (χ4v) is 1.25. The summed E-state index contributed by atoms with van der Waals surface area (Å²) in [6.45, 7) is 7.97. The van der Waals surface area contributed by atoms with Crippen molar-refractivity contribution in [2.75, 3.05) is 13.2 Å². The van der Waals surface area contributed by atoms with E-state index in [4.69, 9.17) is 15.1 Å². The van der Waals surface area contributed by atoms with Crippen LogP contribution in [0.4, 0.5) is 4.79 Å². The molecule has 16 heavy (non-hydrogen) atoms. The van der Waals surface area contributed by atoms with Gasteiger partial charge in [0.25, 0.3) is 0 Å². The molecule has 0 heterocycles. The van der Waals surface area contributed by atoms with Crippen LogP contribution in [0.3, 0.4) is 0 Å². The summed E-state index contributed by atoms with van der Waals surface area (Å²) in [7, 11) is 0. The zero-order chi connectivity index (χ0) is 12.8. The first kappa shape index (κ1) is 14.7. The molecule has 0 rings (SSSR count). The normalized spacial score (nSPS) is 12.9. The number of hydrogen-bond donors (Lipinski definition) is 1. The maximum atomic E-state index is 11.0. The summed E-state index contributed by atoms with van der Waals surface area (Å²) in [5, 5.41) is 17.4. The van der Waals surface area contributed by atoms with E-state index >= 15 is 0 Å². The Kier molecular flexibility index (Phi) is 5.83. The van der Waals surface area contributed by atoms with Crippen LogP contribution in [-0.4, -0.2) is 40.9 Å². The molecule has 0 fully saturated rings. The van der Waals surface area contributed by atoms with Gasteiger partial charge in [-0.05, 0) is 27.7 Å². The molecule has 0 bridgehead atoms. The van der Waals surface area contributed by atoms with Crippen LogP contribution in [0.1, 0.15) is 34.1 Å². The highest BCUT2D eigenvalue weighted by Gasteiger charge is 2.27. The van der Waals surface area contributed by atoms with Crippen LogP contribution < -0.4 is 0 Å². The van der Waals surface area contributed by atoms with Crippen molar-refractivity contribution in [2.24, 2.45) is 0 Å². The summed E-state index contributed by atoms with van der Waals surface area (Å²) in [6, 6.07) is 1.97. The second kappa shape index (κ2) is 6.33. The number of carboxylic acid groups (broad SMARTS) is 1. The molecule has 0 aromatic carbocycles. The van der Waals surface area contributed by atoms with Crippen LogP contribution in [0.5, 0.6) is 0 Å². The summed E-state index contributed by atoms with van der Waals surface area (Å²) in [5.41, 5.74) is -0.446. The smallest absolute Gasteiger partial charge is 0.407 e. The molecule has 0 aromatic heterocycles. The lowest BCUT2D eigenvalue weighted by Gasteiger charge is -2.34. The average Bonchev–Trinajstić information content (AvgIpc) is 2.12. The Labute approximate surface area is 96.6 Å². The molecular formula is C11H20N2O3. The molecular weight excluding hydrogens is 208 g/mol. The molecule has 5 heteroatoms. The largest absolute Gasteiger partial charge is 0.465 e. The Morgan fingerprint density at radius 3 is 2.50 bits per heavy atom. The molecule has 0 saturated carbocycles. The minimum Gasteiger partial charge on any atom is -0.465 e. The molecule has 0 aliphatic carbocycles. The van der Waals surface area contributed by atoms with Gasteiger partial charge in [-0.15, -0.1) is 0 Å². The Morgan fingerprint density at radius 2 is 2.12 bits per heavy atom. The standard InChI is InChI=1S/C11H20N2O3/c1-9(16-7-5-6-12)8-13(10(14)15)11(2,3)4/h9H,5,7-8H2,1-4H3,(H,14,15). The first-order chi connectivity index (χ1) is 7.29. The van der Waals surface area contributed by atoms with Gasteiger partial charge in [0.1, 0.15) is 0 Å². The minimum atomic E-state index is -0.955. The van der Waals surface area contributed by atoms with E-state index in [2.05, 4.69) is 0 Å². The van der Waals surface area contributed by atoms with E-state index in [1.807, 2.05) is 26.8 Å². The highest BCUT2D eigenvalue weighted by molar-refractivity contribution is 5.66. The molecule has 1 atom stereocenters. The van der Waals surface area contributed by atoms with Gasteiger partial charge in [-0.3, -0.25) is 0 Å². The van der Waals surface area contributed by atoms with E-state index < -0.39 is 11.6 Å². The van der Waals surface area contributed by atoms with Gasteiger partial charge in [0, 0.05) is 5.54 Å². The summed E-state index contributed by atoms with van der Waals surface area (Å²) in [5.74, 6) is 0. The lowest BCUT2D eigenvalue weighted by atomic mass is 10.1. The summed E-state index contributed by atoms with van der Waals surface area (Å²) < 4.78 is 5.33. The van der Waals surface area contributed by atoms with Gasteiger partial charge in [0.15, 0.2) is 0 Å². The van der Waals surface area contributed by atoms with Crippen molar-refractivity contribution in [3.63, 3.8) is 0 Å². The summed E-state index contributed by atoms with van der Waals surface area (Å²) in [4.78, 5) is 12.4. The van der Waals surface area contributed by atoms with Crippen LogP contribution in [0.15, 0.2) is 0 Å². The lowest BCUT2D eigenvalue weighted by molar-refractivity contribution is 0.0187. The first-order valence-corrected chi connectivity index (χ1v) is 5.28. The van der Waals surface area contributed by atoms with E-state index in [0.717, 1.165) is 0 Å². The highest BCUT2D eigenvalue weighted by atomic mass is 16.5. The molecule has 0 aliphatic rings. The van der Waals surface area contributed by atoms with Gasteiger partial charge in [-0.2, -0.15) is 5.26 Å². The fraction of sp³-hybridized carbons (Fsp3) is 0.818.